The molecule has 2 N–H and O–H groups in total. The molecule has 0 spiro atoms. The van der Waals surface area contributed by atoms with Crippen LogP contribution in [0.1, 0.15) is 19.8 Å². The molecule has 0 bridgehead atoms. The molecule has 0 aromatic carbocycles. The van der Waals surface area contributed by atoms with Gasteiger partial charge in [0.05, 0.1) is 18.8 Å². The molecular formula is C13H26N2O4. The summed E-state index contributed by atoms with van der Waals surface area (Å²) in [6.45, 7) is 6.42. The van der Waals surface area contributed by atoms with Crippen LogP contribution in [-0.2, 0) is 19.0 Å². The second-order valence-electron chi connectivity index (χ2n) is 5.00. The highest BCUT2D eigenvalue weighted by Crippen LogP contribution is 2.14. The zero-order valence-electron chi connectivity index (χ0n) is 12.0. The Kier molecular flexibility index (Phi) is 7.97. The van der Waals surface area contributed by atoms with Crippen molar-refractivity contribution >= 4 is 5.91 Å². The molecule has 1 aliphatic heterocycles. The van der Waals surface area contributed by atoms with Crippen molar-refractivity contribution < 1.29 is 19.0 Å². The fourth-order valence-electron chi connectivity index (χ4n) is 1.67. The molecule has 6 heteroatoms. The topological polar surface area (TPSA) is 68.8 Å². The van der Waals surface area contributed by atoms with E-state index in [0.29, 0.717) is 26.4 Å². The molecular weight excluding hydrogens is 248 g/mol. The van der Waals surface area contributed by atoms with Crippen LogP contribution in [0.5, 0.6) is 0 Å². The molecule has 0 unspecified atom stereocenters. The standard InChI is InChI=1S/C13H26N2O4/c1-13(10-14-11-13)19-9-12(16)15-5-3-4-6-18-8-7-17-2/h14H,3-11H2,1-2H3,(H,15,16). The fourth-order valence-corrected chi connectivity index (χ4v) is 1.67. The summed E-state index contributed by atoms with van der Waals surface area (Å²) in [5.41, 5.74) is -0.160. The van der Waals surface area contributed by atoms with Gasteiger partial charge in [0, 0.05) is 33.4 Å². The number of unbranched alkanes of at least 4 members (excludes halogenated alkanes) is 1. The van der Waals surface area contributed by atoms with Crippen molar-refractivity contribution in [3.8, 4) is 0 Å². The van der Waals surface area contributed by atoms with Crippen LogP contribution in [0, 0.1) is 0 Å². The summed E-state index contributed by atoms with van der Waals surface area (Å²) in [7, 11) is 1.65. The fraction of sp³-hybridized carbons (Fsp3) is 0.923. The molecule has 1 fully saturated rings. The lowest BCUT2D eigenvalue weighted by atomic mass is 10.0. The van der Waals surface area contributed by atoms with Crippen LogP contribution in [0.3, 0.4) is 0 Å². The van der Waals surface area contributed by atoms with Gasteiger partial charge in [-0.15, -0.1) is 0 Å². The van der Waals surface area contributed by atoms with E-state index in [1.54, 1.807) is 7.11 Å². The first-order valence-corrected chi connectivity index (χ1v) is 6.84. The van der Waals surface area contributed by atoms with E-state index in [0.717, 1.165) is 25.9 Å². The Labute approximate surface area is 115 Å². The first-order valence-electron chi connectivity index (χ1n) is 6.84. The first-order chi connectivity index (χ1) is 9.16. The summed E-state index contributed by atoms with van der Waals surface area (Å²) in [6, 6.07) is 0. The molecule has 19 heavy (non-hydrogen) atoms. The Morgan fingerprint density at radius 3 is 2.68 bits per heavy atom. The Balaban J connectivity index is 1.84. The molecule has 1 heterocycles. The average Bonchev–Trinajstić information content (AvgIpc) is 2.37. The number of carbonyl (C=O) groups is 1. The third kappa shape index (κ3) is 7.47. The van der Waals surface area contributed by atoms with Gasteiger partial charge in [-0.05, 0) is 19.8 Å². The van der Waals surface area contributed by atoms with Crippen LogP contribution in [0.15, 0.2) is 0 Å². The molecule has 0 saturated carbocycles. The van der Waals surface area contributed by atoms with Crippen LogP contribution >= 0.6 is 0 Å². The third-order valence-electron chi connectivity index (χ3n) is 3.02. The SMILES string of the molecule is COCCOCCCCNC(=O)COC1(C)CNC1. The van der Waals surface area contributed by atoms with Gasteiger partial charge in [-0.3, -0.25) is 4.79 Å². The van der Waals surface area contributed by atoms with E-state index >= 15 is 0 Å². The van der Waals surface area contributed by atoms with Gasteiger partial charge in [-0.2, -0.15) is 0 Å². The molecule has 1 amide bonds. The number of hydrogen-bond donors (Lipinski definition) is 2. The van der Waals surface area contributed by atoms with E-state index in [-0.39, 0.29) is 18.1 Å². The van der Waals surface area contributed by atoms with Crippen LogP contribution in [0.2, 0.25) is 0 Å². The maximum absolute atomic E-state index is 11.5. The van der Waals surface area contributed by atoms with Crippen molar-refractivity contribution in [3.63, 3.8) is 0 Å². The minimum Gasteiger partial charge on any atom is -0.382 e. The quantitative estimate of drug-likeness (QED) is 0.516. The van der Waals surface area contributed by atoms with Gasteiger partial charge in [0.25, 0.3) is 0 Å². The van der Waals surface area contributed by atoms with Gasteiger partial charge in [0.15, 0.2) is 0 Å². The predicted molar refractivity (Wildman–Crippen MR) is 72.2 cm³/mol. The zero-order chi connectivity index (χ0) is 14.0. The van der Waals surface area contributed by atoms with Crippen LogP contribution in [-0.4, -0.2) is 64.7 Å². The highest BCUT2D eigenvalue weighted by Gasteiger charge is 2.32. The van der Waals surface area contributed by atoms with Crippen molar-refractivity contribution in [2.45, 2.75) is 25.4 Å². The summed E-state index contributed by atoms with van der Waals surface area (Å²) >= 11 is 0. The second kappa shape index (κ2) is 9.25. The zero-order valence-corrected chi connectivity index (χ0v) is 12.0. The Hall–Kier alpha value is -0.690. The number of ether oxygens (including phenoxy) is 3. The molecule has 1 aliphatic rings. The first kappa shape index (κ1) is 16.4. The largest absolute Gasteiger partial charge is 0.382 e. The summed E-state index contributed by atoms with van der Waals surface area (Å²) in [5.74, 6) is -0.0478. The van der Waals surface area contributed by atoms with Crippen molar-refractivity contribution in [2.24, 2.45) is 0 Å². The van der Waals surface area contributed by atoms with Crippen molar-refractivity contribution in [1.29, 1.82) is 0 Å². The molecule has 112 valence electrons. The van der Waals surface area contributed by atoms with Gasteiger partial charge in [0.2, 0.25) is 5.91 Å². The van der Waals surface area contributed by atoms with Crippen LogP contribution < -0.4 is 10.6 Å². The maximum Gasteiger partial charge on any atom is 0.246 e. The van der Waals surface area contributed by atoms with Gasteiger partial charge in [-0.25, -0.2) is 0 Å². The lowest BCUT2D eigenvalue weighted by Crippen LogP contribution is -2.59. The van der Waals surface area contributed by atoms with E-state index < -0.39 is 0 Å². The summed E-state index contributed by atoms with van der Waals surface area (Å²) in [6.07, 6.45) is 1.85. The van der Waals surface area contributed by atoms with E-state index in [4.69, 9.17) is 14.2 Å². The number of amides is 1. The maximum atomic E-state index is 11.5. The minimum atomic E-state index is -0.160. The van der Waals surface area contributed by atoms with Crippen LogP contribution in [0.25, 0.3) is 0 Å². The van der Waals surface area contributed by atoms with Gasteiger partial charge in [0.1, 0.15) is 6.61 Å². The van der Waals surface area contributed by atoms with Crippen LogP contribution in [0.4, 0.5) is 0 Å². The monoisotopic (exact) mass is 274 g/mol. The summed E-state index contributed by atoms with van der Waals surface area (Å²) in [5, 5.41) is 5.97. The number of hydrogen-bond acceptors (Lipinski definition) is 5. The van der Waals surface area contributed by atoms with Gasteiger partial charge in [-0.1, -0.05) is 0 Å². The second-order valence-corrected chi connectivity index (χ2v) is 5.00. The number of methoxy groups -OCH3 is 1. The molecule has 0 aliphatic carbocycles. The summed E-state index contributed by atoms with van der Waals surface area (Å²) < 4.78 is 15.7. The lowest BCUT2D eigenvalue weighted by molar-refractivity contribution is -0.135. The normalized spacial score (nSPS) is 16.9. The Morgan fingerprint density at radius 2 is 2.05 bits per heavy atom. The molecule has 0 aromatic heterocycles. The van der Waals surface area contributed by atoms with E-state index in [1.165, 1.54) is 0 Å². The van der Waals surface area contributed by atoms with Crippen molar-refractivity contribution in [3.05, 3.63) is 0 Å². The Bertz CT molecular complexity index is 257. The minimum absolute atomic E-state index is 0.0478. The van der Waals surface area contributed by atoms with Gasteiger partial charge >= 0.3 is 0 Å². The number of carbonyl (C=O) groups excluding carboxylic acids is 1. The molecule has 1 saturated heterocycles. The summed E-state index contributed by atoms with van der Waals surface area (Å²) in [4.78, 5) is 11.5. The molecule has 0 aromatic rings. The highest BCUT2D eigenvalue weighted by molar-refractivity contribution is 5.77. The highest BCUT2D eigenvalue weighted by atomic mass is 16.5. The average molecular weight is 274 g/mol. The lowest BCUT2D eigenvalue weighted by Gasteiger charge is -2.38. The molecule has 0 radical (unpaired) electrons. The van der Waals surface area contributed by atoms with Gasteiger partial charge < -0.3 is 24.8 Å². The molecule has 0 atom stereocenters. The Morgan fingerprint density at radius 1 is 1.26 bits per heavy atom. The predicted octanol–water partition coefficient (Wildman–Crippen LogP) is -0.0757. The van der Waals surface area contributed by atoms with E-state index in [1.807, 2.05) is 6.92 Å². The number of nitrogens with one attached hydrogen (secondary N) is 2. The third-order valence-corrected chi connectivity index (χ3v) is 3.02. The van der Waals surface area contributed by atoms with E-state index in [9.17, 15) is 4.79 Å². The van der Waals surface area contributed by atoms with Crippen molar-refractivity contribution in [1.82, 2.24) is 10.6 Å². The molecule has 6 nitrogen and oxygen atoms in total. The smallest absolute Gasteiger partial charge is 0.246 e. The molecule has 1 rings (SSSR count). The van der Waals surface area contributed by atoms with Crippen molar-refractivity contribution in [2.75, 3.05) is 53.2 Å². The van der Waals surface area contributed by atoms with E-state index in [2.05, 4.69) is 10.6 Å². The number of rotatable bonds is 11.